The van der Waals surface area contributed by atoms with Gasteiger partial charge in [0.2, 0.25) is 5.91 Å². The van der Waals surface area contributed by atoms with Crippen LogP contribution in [0.2, 0.25) is 0 Å². The minimum atomic E-state index is -0.129. The molecule has 0 aliphatic carbocycles. The Hall–Kier alpha value is -2.02. The summed E-state index contributed by atoms with van der Waals surface area (Å²) in [6, 6.07) is 11.0. The third kappa shape index (κ3) is 6.48. The van der Waals surface area contributed by atoms with Crippen LogP contribution in [0, 0.1) is 11.7 Å². The van der Waals surface area contributed by atoms with Gasteiger partial charge < -0.3 is 9.64 Å². The van der Waals surface area contributed by atoms with Crippen molar-refractivity contribution in [2.45, 2.75) is 38.3 Å². The predicted octanol–water partition coefficient (Wildman–Crippen LogP) is 4.82. The molecule has 0 bridgehead atoms. The number of carbonyl (C=O) groups excluding carboxylic acids is 1. The molecule has 2 aromatic rings. The average Bonchev–Trinajstić information content (AvgIpc) is 3.49. The van der Waals surface area contributed by atoms with Crippen molar-refractivity contribution in [2.75, 3.05) is 32.8 Å². The zero-order valence-electron chi connectivity index (χ0n) is 17.9. The Bertz CT molecular complexity index is 856. The number of ether oxygens (including phenoxy) is 1. The number of likely N-dealkylation sites (tertiary alicyclic amines) is 1. The molecular weight excluding hydrogens is 411 g/mol. The summed E-state index contributed by atoms with van der Waals surface area (Å²) in [6.07, 6.45) is 7.92. The van der Waals surface area contributed by atoms with Crippen molar-refractivity contribution in [3.05, 3.63) is 64.1 Å². The maximum atomic E-state index is 14.0. The SMILES string of the molecule is O=C(/C=C/c1cccs1)N(CC1CCN(Cc2ccccc2F)CC1)C[C@@H]1CCCO1. The largest absolute Gasteiger partial charge is 0.376 e. The number of rotatable bonds is 8. The number of thiophene rings is 1. The lowest BCUT2D eigenvalue weighted by Gasteiger charge is -2.35. The Labute approximate surface area is 188 Å². The van der Waals surface area contributed by atoms with Crippen LogP contribution in [0.25, 0.3) is 6.08 Å². The van der Waals surface area contributed by atoms with Crippen LogP contribution >= 0.6 is 11.3 Å². The molecule has 0 spiro atoms. The van der Waals surface area contributed by atoms with Crippen LogP contribution in [0.5, 0.6) is 0 Å². The van der Waals surface area contributed by atoms with Crippen molar-refractivity contribution in [1.82, 2.24) is 9.80 Å². The third-order valence-electron chi connectivity index (χ3n) is 6.23. The van der Waals surface area contributed by atoms with Crippen LogP contribution in [-0.4, -0.2) is 54.6 Å². The first-order chi connectivity index (χ1) is 15.2. The lowest BCUT2D eigenvalue weighted by molar-refractivity contribution is -0.128. The molecular formula is C25H31FN2O2S. The van der Waals surface area contributed by atoms with E-state index < -0.39 is 0 Å². The fraction of sp³-hybridized carbons (Fsp3) is 0.480. The van der Waals surface area contributed by atoms with Gasteiger partial charge in [0, 0.05) is 42.8 Å². The van der Waals surface area contributed by atoms with E-state index in [0.29, 0.717) is 19.0 Å². The van der Waals surface area contributed by atoms with Gasteiger partial charge in [0.15, 0.2) is 0 Å². The molecule has 1 aromatic carbocycles. The van der Waals surface area contributed by atoms with E-state index >= 15 is 0 Å². The molecule has 2 fully saturated rings. The van der Waals surface area contributed by atoms with Gasteiger partial charge in [0.25, 0.3) is 0 Å². The fourth-order valence-electron chi connectivity index (χ4n) is 4.44. The van der Waals surface area contributed by atoms with Gasteiger partial charge in [-0.25, -0.2) is 4.39 Å². The van der Waals surface area contributed by atoms with Crippen molar-refractivity contribution in [3.8, 4) is 0 Å². The molecule has 1 amide bonds. The van der Waals surface area contributed by atoms with Gasteiger partial charge >= 0.3 is 0 Å². The van der Waals surface area contributed by atoms with Gasteiger partial charge in [0.1, 0.15) is 5.82 Å². The number of halogens is 1. The maximum Gasteiger partial charge on any atom is 0.246 e. The van der Waals surface area contributed by atoms with E-state index in [1.165, 1.54) is 6.07 Å². The van der Waals surface area contributed by atoms with Crippen LogP contribution in [-0.2, 0) is 16.1 Å². The van der Waals surface area contributed by atoms with Crippen molar-refractivity contribution in [1.29, 1.82) is 0 Å². The second-order valence-electron chi connectivity index (χ2n) is 8.54. The van der Waals surface area contributed by atoms with Gasteiger partial charge in [-0.05, 0) is 68.3 Å². The van der Waals surface area contributed by atoms with Crippen molar-refractivity contribution >= 4 is 23.3 Å². The van der Waals surface area contributed by atoms with Gasteiger partial charge in [0.05, 0.1) is 6.10 Å². The molecule has 4 rings (SSSR count). The first-order valence-electron chi connectivity index (χ1n) is 11.3. The summed E-state index contributed by atoms with van der Waals surface area (Å²) in [5.74, 6) is 0.408. The van der Waals surface area contributed by atoms with E-state index in [4.69, 9.17) is 4.74 Å². The fourth-order valence-corrected chi connectivity index (χ4v) is 5.06. The monoisotopic (exact) mass is 442 g/mol. The first kappa shape index (κ1) is 22.2. The number of amides is 1. The molecule has 0 N–H and O–H groups in total. The molecule has 3 heterocycles. The number of benzene rings is 1. The third-order valence-corrected chi connectivity index (χ3v) is 7.07. The quantitative estimate of drug-likeness (QED) is 0.550. The van der Waals surface area contributed by atoms with Gasteiger partial charge in [-0.3, -0.25) is 9.69 Å². The summed E-state index contributed by atoms with van der Waals surface area (Å²) in [4.78, 5) is 18.4. The van der Waals surface area contributed by atoms with Gasteiger partial charge in [-0.15, -0.1) is 11.3 Å². The Morgan fingerprint density at radius 2 is 2.00 bits per heavy atom. The van der Waals surface area contributed by atoms with Crippen LogP contribution in [0.1, 0.15) is 36.1 Å². The van der Waals surface area contributed by atoms with Crippen molar-refractivity contribution < 1.29 is 13.9 Å². The van der Waals surface area contributed by atoms with E-state index in [-0.39, 0.29) is 17.8 Å². The molecule has 2 aliphatic heterocycles. The van der Waals surface area contributed by atoms with Crippen LogP contribution < -0.4 is 0 Å². The molecule has 2 saturated heterocycles. The summed E-state index contributed by atoms with van der Waals surface area (Å²) in [5, 5.41) is 2.02. The Morgan fingerprint density at radius 3 is 2.71 bits per heavy atom. The first-order valence-corrected chi connectivity index (χ1v) is 12.1. The Balaban J connectivity index is 1.32. The normalized spacial score (nSPS) is 20.5. The predicted molar refractivity (Wildman–Crippen MR) is 123 cm³/mol. The van der Waals surface area contributed by atoms with Crippen LogP contribution in [0.15, 0.2) is 47.9 Å². The molecule has 166 valence electrons. The van der Waals surface area contributed by atoms with Crippen molar-refractivity contribution in [2.24, 2.45) is 5.92 Å². The Morgan fingerprint density at radius 1 is 1.16 bits per heavy atom. The Kier molecular flexibility index (Phi) is 7.89. The number of hydrogen-bond acceptors (Lipinski definition) is 4. The maximum absolute atomic E-state index is 14.0. The van der Waals surface area contributed by atoms with E-state index in [0.717, 1.165) is 62.4 Å². The summed E-state index contributed by atoms with van der Waals surface area (Å²) in [5.41, 5.74) is 0.759. The minimum absolute atomic E-state index is 0.0673. The summed E-state index contributed by atoms with van der Waals surface area (Å²) >= 11 is 1.63. The minimum Gasteiger partial charge on any atom is -0.376 e. The smallest absolute Gasteiger partial charge is 0.246 e. The van der Waals surface area contributed by atoms with E-state index in [2.05, 4.69) is 4.90 Å². The highest BCUT2D eigenvalue weighted by atomic mass is 32.1. The molecule has 2 aliphatic rings. The van der Waals surface area contributed by atoms with Crippen molar-refractivity contribution in [3.63, 3.8) is 0 Å². The second-order valence-corrected chi connectivity index (χ2v) is 9.52. The lowest BCUT2D eigenvalue weighted by Crippen LogP contribution is -2.43. The van der Waals surface area contributed by atoms with E-state index in [1.807, 2.05) is 40.6 Å². The molecule has 0 unspecified atom stereocenters. The summed E-state index contributed by atoms with van der Waals surface area (Å²) in [6.45, 7) is 4.76. The zero-order valence-corrected chi connectivity index (χ0v) is 18.7. The standard InChI is InChI=1S/C25H31FN2O2S/c26-24-8-2-1-5-21(24)18-27-13-11-20(12-14-27)17-28(19-22-6-3-15-30-22)25(29)10-9-23-7-4-16-31-23/h1-2,4-5,7-10,16,20,22H,3,6,11-15,17-19H2/b10-9+/t22-/m0/s1. The molecule has 0 saturated carbocycles. The highest BCUT2D eigenvalue weighted by Gasteiger charge is 2.26. The molecule has 31 heavy (non-hydrogen) atoms. The molecule has 4 nitrogen and oxygen atoms in total. The molecule has 1 aromatic heterocycles. The van der Waals surface area contributed by atoms with Gasteiger partial charge in [-0.2, -0.15) is 0 Å². The van der Waals surface area contributed by atoms with E-state index in [9.17, 15) is 9.18 Å². The topological polar surface area (TPSA) is 32.8 Å². The second kappa shape index (κ2) is 11.0. The molecule has 1 atom stereocenters. The lowest BCUT2D eigenvalue weighted by atomic mass is 9.95. The van der Waals surface area contributed by atoms with Gasteiger partial charge in [-0.1, -0.05) is 24.3 Å². The average molecular weight is 443 g/mol. The van der Waals surface area contributed by atoms with Crippen LogP contribution in [0.3, 0.4) is 0 Å². The van der Waals surface area contributed by atoms with Crippen LogP contribution in [0.4, 0.5) is 4.39 Å². The highest BCUT2D eigenvalue weighted by Crippen LogP contribution is 2.23. The number of nitrogens with zero attached hydrogens (tertiary/aromatic N) is 2. The number of piperidine rings is 1. The van der Waals surface area contributed by atoms with E-state index in [1.54, 1.807) is 23.5 Å². The zero-order chi connectivity index (χ0) is 21.5. The number of hydrogen-bond donors (Lipinski definition) is 0. The number of carbonyl (C=O) groups is 1. The summed E-state index contributed by atoms with van der Waals surface area (Å²) in [7, 11) is 0. The molecule has 0 radical (unpaired) electrons. The molecule has 6 heteroatoms. The summed E-state index contributed by atoms with van der Waals surface area (Å²) < 4.78 is 19.8. The highest BCUT2D eigenvalue weighted by molar-refractivity contribution is 7.10.